The van der Waals surface area contributed by atoms with E-state index in [-0.39, 0.29) is 15.6 Å². The molecule has 1 fully saturated rings. The lowest BCUT2D eigenvalue weighted by Crippen LogP contribution is -2.32. The Labute approximate surface area is 181 Å². The van der Waals surface area contributed by atoms with Crippen LogP contribution in [-0.2, 0) is 31.0 Å². The van der Waals surface area contributed by atoms with Crippen molar-refractivity contribution in [2.24, 2.45) is 5.41 Å². The SMILES string of the molecule is CC1(C)CS(=O)(=O)N(c2ccc(S(=O)(=O)Nc3cc(C(F)(F)F)ccc3Cl)cc2)C1=O. The summed E-state index contributed by atoms with van der Waals surface area (Å²) in [7, 11) is -8.28. The van der Waals surface area contributed by atoms with E-state index in [0.717, 1.165) is 30.3 Å². The molecular weight excluding hydrogens is 481 g/mol. The van der Waals surface area contributed by atoms with E-state index in [0.29, 0.717) is 16.4 Å². The van der Waals surface area contributed by atoms with Gasteiger partial charge in [0.15, 0.2) is 0 Å². The minimum Gasteiger partial charge on any atom is -0.278 e. The van der Waals surface area contributed by atoms with Crippen molar-refractivity contribution in [3.8, 4) is 0 Å². The normalized spacial score (nSPS) is 18.3. The maximum atomic E-state index is 12.9. The Balaban J connectivity index is 1.92. The number of halogens is 4. The van der Waals surface area contributed by atoms with Crippen molar-refractivity contribution >= 4 is 48.9 Å². The average molecular weight is 497 g/mol. The van der Waals surface area contributed by atoms with Gasteiger partial charge in [-0.1, -0.05) is 11.6 Å². The molecule has 1 saturated heterocycles. The number of benzene rings is 2. The molecular formula is C18H16ClF3N2O5S2. The standard InChI is InChI=1S/C18H16ClF3N2O5S2/c1-17(2)10-30(26,27)24(16(17)25)12-4-6-13(7-5-12)31(28,29)23-15-9-11(18(20,21)22)3-8-14(15)19/h3-9,23H,10H2,1-2H3. The van der Waals surface area contributed by atoms with Crippen LogP contribution in [0.25, 0.3) is 0 Å². The molecule has 0 aliphatic carbocycles. The molecule has 0 saturated carbocycles. The molecule has 0 spiro atoms. The van der Waals surface area contributed by atoms with Crippen LogP contribution in [0.15, 0.2) is 47.4 Å². The van der Waals surface area contributed by atoms with E-state index in [1.165, 1.54) is 13.8 Å². The van der Waals surface area contributed by atoms with Crippen LogP contribution >= 0.6 is 11.6 Å². The summed E-state index contributed by atoms with van der Waals surface area (Å²) < 4.78 is 91.1. The van der Waals surface area contributed by atoms with Crippen LogP contribution in [0, 0.1) is 5.41 Å². The van der Waals surface area contributed by atoms with Gasteiger partial charge in [0.2, 0.25) is 15.9 Å². The lowest BCUT2D eigenvalue weighted by atomic mass is 9.95. The number of nitrogens with one attached hydrogen (secondary N) is 1. The molecule has 2 aromatic carbocycles. The number of carbonyl (C=O) groups is 1. The smallest absolute Gasteiger partial charge is 0.278 e. The van der Waals surface area contributed by atoms with Crippen molar-refractivity contribution in [2.75, 3.05) is 14.8 Å². The second kappa shape index (κ2) is 7.38. The third-order valence-corrected chi connectivity index (χ3v) is 8.23. The summed E-state index contributed by atoms with van der Waals surface area (Å²) in [4.78, 5) is 12.1. The first-order valence-electron chi connectivity index (χ1n) is 8.62. The van der Waals surface area contributed by atoms with Gasteiger partial charge in [0.05, 0.1) is 38.0 Å². The molecule has 1 amide bonds. The topological polar surface area (TPSA) is 101 Å². The van der Waals surface area contributed by atoms with Gasteiger partial charge in [0.25, 0.3) is 10.0 Å². The second-order valence-corrected chi connectivity index (χ2v) is 11.4. The van der Waals surface area contributed by atoms with Gasteiger partial charge >= 0.3 is 6.18 Å². The highest BCUT2D eigenvalue weighted by Gasteiger charge is 2.49. The van der Waals surface area contributed by atoms with Crippen molar-refractivity contribution in [3.05, 3.63) is 53.1 Å². The lowest BCUT2D eigenvalue weighted by molar-refractivity contribution is -0.137. The number of amides is 1. The monoisotopic (exact) mass is 496 g/mol. The fourth-order valence-corrected chi connectivity index (χ4v) is 6.40. The summed E-state index contributed by atoms with van der Waals surface area (Å²) in [6.45, 7) is 2.96. The Morgan fingerprint density at radius 2 is 1.68 bits per heavy atom. The van der Waals surface area contributed by atoms with Crippen LogP contribution in [0.4, 0.5) is 24.5 Å². The number of nitrogens with zero attached hydrogens (tertiary/aromatic N) is 1. The Hall–Kier alpha value is -2.31. The number of alkyl halides is 3. The highest BCUT2D eigenvalue weighted by molar-refractivity contribution is 7.94. The maximum absolute atomic E-state index is 12.9. The molecule has 0 atom stereocenters. The zero-order valence-corrected chi connectivity index (χ0v) is 18.5. The number of hydrogen-bond donors (Lipinski definition) is 1. The van der Waals surface area contributed by atoms with Crippen LogP contribution in [0.5, 0.6) is 0 Å². The zero-order valence-electron chi connectivity index (χ0n) is 16.1. The Bertz CT molecular complexity index is 1260. The van der Waals surface area contributed by atoms with Gasteiger partial charge < -0.3 is 0 Å². The number of rotatable bonds is 4. The van der Waals surface area contributed by atoms with Gasteiger partial charge in [-0.15, -0.1) is 0 Å². The molecule has 0 unspecified atom stereocenters. The van der Waals surface area contributed by atoms with E-state index in [2.05, 4.69) is 0 Å². The number of sulfonamides is 2. The van der Waals surface area contributed by atoms with Crippen LogP contribution < -0.4 is 9.03 Å². The minimum atomic E-state index is -4.70. The molecule has 1 N–H and O–H groups in total. The van der Waals surface area contributed by atoms with E-state index in [1.54, 1.807) is 0 Å². The third kappa shape index (κ3) is 4.51. The fourth-order valence-electron chi connectivity index (χ4n) is 3.01. The van der Waals surface area contributed by atoms with Gasteiger partial charge in [-0.25, -0.2) is 21.1 Å². The van der Waals surface area contributed by atoms with E-state index in [9.17, 15) is 34.8 Å². The Morgan fingerprint density at radius 3 is 2.16 bits per heavy atom. The maximum Gasteiger partial charge on any atom is 0.416 e. The third-order valence-electron chi connectivity index (χ3n) is 4.50. The van der Waals surface area contributed by atoms with Gasteiger partial charge in [-0.05, 0) is 56.3 Å². The molecule has 0 radical (unpaired) electrons. The fraction of sp³-hybridized carbons (Fsp3) is 0.278. The van der Waals surface area contributed by atoms with E-state index in [4.69, 9.17) is 11.6 Å². The molecule has 13 heteroatoms. The molecule has 1 heterocycles. The molecule has 1 aliphatic heterocycles. The lowest BCUT2D eigenvalue weighted by Gasteiger charge is -2.18. The molecule has 2 aromatic rings. The zero-order chi connectivity index (χ0) is 23.4. The quantitative estimate of drug-likeness (QED) is 0.692. The van der Waals surface area contributed by atoms with Gasteiger partial charge in [0, 0.05) is 0 Å². The van der Waals surface area contributed by atoms with Gasteiger partial charge in [-0.3, -0.25) is 9.52 Å². The summed E-state index contributed by atoms with van der Waals surface area (Å²) in [6, 6.07) is 6.51. The van der Waals surface area contributed by atoms with Crippen LogP contribution in [0.1, 0.15) is 19.4 Å². The first kappa shape index (κ1) is 23.4. The number of hydrogen-bond acceptors (Lipinski definition) is 5. The molecule has 1 aliphatic rings. The highest BCUT2D eigenvalue weighted by Crippen LogP contribution is 2.37. The van der Waals surface area contributed by atoms with E-state index in [1.807, 2.05) is 4.72 Å². The first-order chi connectivity index (χ1) is 14.0. The average Bonchev–Trinajstić information content (AvgIpc) is 2.78. The van der Waals surface area contributed by atoms with Gasteiger partial charge in [0.1, 0.15) is 0 Å². The van der Waals surface area contributed by atoms with Crippen molar-refractivity contribution in [1.82, 2.24) is 0 Å². The summed E-state index contributed by atoms with van der Waals surface area (Å²) in [5, 5.41) is -0.246. The van der Waals surface area contributed by atoms with E-state index < -0.39 is 54.5 Å². The predicted octanol–water partition coefficient (Wildman–Crippen LogP) is 3.86. The summed E-state index contributed by atoms with van der Waals surface area (Å²) in [5.74, 6) is -1.05. The molecule has 3 rings (SSSR count). The molecule has 0 bridgehead atoms. The Kier molecular flexibility index (Phi) is 5.56. The Morgan fingerprint density at radius 1 is 1.10 bits per heavy atom. The van der Waals surface area contributed by atoms with Crippen LogP contribution in [-0.4, -0.2) is 28.5 Å². The first-order valence-corrected chi connectivity index (χ1v) is 12.1. The molecule has 31 heavy (non-hydrogen) atoms. The van der Waals surface area contributed by atoms with Crippen molar-refractivity contribution in [3.63, 3.8) is 0 Å². The molecule has 168 valence electrons. The van der Waals surface area contributed by atoms with Gasteiger partial charge in [-0.2, -0.15) is 13.2 Å². The molecule has 7 nitrogen and oxygen atoms in total. The van der Waals surface area contributed by atoms with Crippen molar-refractivity contribution in [1.29, 1.82) is 0 Å². The van der Waals surface area contributed by atoms with Crippen LogP contribution in [0.2, 0.25) is 5.02 Å². The largest absolute Gasteiger partial charge is 0.416 e. The van der Waals surface area contributed by atoms with E-state index >= 15 is 0 Å². The van der Waals surface area contributed by atoms with Crippen molar-refractivity contribution in [2.45, 2.75) is 24.9 Å². The van der Waals surface area contributed by atoms with Crippen molar-refractivity contribution < 1.29 is 34.8 Å². The second-order valence-electron chi connectivity index (χ2n) is 7.50. The number of carbonyl (C=O) groups excluding carboxylic acids is 1. The molecule has 0 aromatic heterocycles. The highest BCUT2D eigenvalue weighted by atomic mass is 35.5. The summed E-state index contributed by atoms with van der Waals surface area (Å²) in [5.41, 5.74) is -2.75. The number of anilines is 2. The summed E-state index contributed by atoms with van der Waals surface area (Å²) in [6.07, 6.45) is -4.70. The predicted molar refractivity (Wildman–Crippen MR) is 109 cm³/mol. The van der Waals surface area contributed by atoms with Crippen LogP contribution in [0.3, 0.4) is 0 Å². The minimum absolute atomic E-state index is 0.0494. The summed E-state index contributed by atoms with van der Waals surface area (Å²) >= 11 is 5.82.